The van der Waals surface area contributed by atoms with Gasteiger partial charge in [0, 0.05) is 17.0 Å². The predicted octanol–water partition coefficient (Wildman–Crippen LogP) is 1.81. The molecule has 1 saturated carbocycles. The van der Waals surface area contributed by atoms with E-state index in [2.05, 4.69) is 5.32 Å². The van der Waals surface area contributed by atoms with Crippen LogP contribution in [0.2, 0.25) is 5.02 Å². The van der Waals surface area contributed by atoms with E-state index in [1.54, 1.807) is 18.2 Å². The molecule has 0 saturated heterocycles. The van der Waals surface area contributed by atoms with E-state index in [1.165, 1.54) is 0 Å². The molecule has 0 heterocycles. The molecule has 1 aromatic carbocycles. The molecule has 5 heteroatoms. The minimum atomic E-state index is -0.363. The van der Waals surface area contributed by atoms with Crippen LogP contribution >= 0.6 is 11.6 Å². The third kappa shape index (κ3) is 2.18. The summed E-state index contributed by atoms with van der Waals surface area (Å²) < 4.78 is 0. The SMILES string of the molecule is CC1(C)C(O)CC1NC(=O)c1ccc(Cl)c(N)c1. The number of carbonyl (C=O) groups is 1. The highest BCUT2D eigenvalue weighted by atomic mass is 35.5. The summed E-state index contributed by atoms with van der Waals surface area (Å²) in [4.78, 5) is 12.0. The molecule has 1 aliphatic rings. The van der Waals surface area contributed by atoms with E-state index in [1.807, 2.05) is 13.8 Å². The van der Waals surface area contributed by atoms with E-state index in [9.17, 15) is 9.90 Å². The molecule has 98 valence electrons. The van der Waals surface area contributed by atoms with Gasteiger partial charge in [-0.25, -0.2) is 0 Å². The van der Waals surface area contributed by atoms with Gasteiger partial charge in [0.2, 0.25) is 0 Å². The molecule has 18 heavy (non-hydrogen) atoms. The minimum Gasteiger partial charge on any atom is -0.398 e. The topological polar surface area (TPSA) is 75.3 Å². The average molecular weight is 269 g/mol. The van der Waals surface area contributed by atoms with Crippen molar-refractivity contribution in [3.63, 3.8) is 0 Å². The molecule has 0 radical (unpaired) electrons. The zero-order valence-corrected chi connectivity index (χ0v) is 11.2. The number of benzene rings is 1. The number of anilines is 1. The number of nitrogens with one attached hydrogen (secondary N) is 1. The second-order valence-corrected chi connectivity index (χ2v) is 5.74. The Morgan fingerprint density at radius 3 is 2.72 bits per heavy atom. The molecule has 0 aromatic heterocycles. The van der Waals surface area contributed by atoms with Crippen molar-refractivity contribution in [2.24, 2.45) is 5.41 Å². The van der Waals surface area contributed by atoms with Crippen LogP contribution in [-0.2, 0) is 0 Å². The van der Waals surface area contributed by atoms with Crippen molar-refractivity contribution >= 4 is 23.2 Å². The first-order valence-corrected chi connectivity index (χ1v) is 6.24. The largest absolute Gasteiger partial charge is 0.398 e. The molecular weight excluding hydrogens is 252 g/mol. The van der Waals surface area contributed by atoms with Gasteiger partial charge in [0.05, 0.1) is 16.8 Å². The van der Waals surface area contributed by atoms with Gasteiger partial charge in [-0.2, -0.15) is 0 Å². The quantitative estimate of drug-likeness (QED) is 0.716. The van der Waals surface area contributed by atoms with Gasteiger partial charge in [-0.15, -0.1) is 0 Å². The van der Waals surface area contributed by atoms with Gasteiger partial charge < -0.3 is 16.2 Å². The van der Waals surface area contributed by atoms with Crippen molar-refractivity contribution in [2.75, 3.05) is 5.73 Å². The van der Waals surface area contributed by atoms with E-state index in [0.29, 0.717) is 22.7 Å². The van der Waals surface area contributed by atoms with Crippen molar-refractivity contribution in [1.29, 1.82) is 0 Å². The van der Waals surface area contributed by atoms with Crippen LogP contribution in [0.3, 0.4) is 0 Å². The number of aliphatic hydroxyl groups excluding tert-OH is 1. The molecule has 0 spiro atoms. The van der Waals surface area contributed by atoms with Gasteiger partial charge in [-0.1, -0.05) is 25.4 Å². The van der Waals surface area contributed by atoms with Crippen LogP contribution in [0.5, 0.6) is 0 Å². The Hall–Kier alpha value is -1.26. The third-order valence-electron chi connectivity index (χ3n) is 3.78. The monoisotopic (exact) mass is 268 g/mol. The van der Waals surface area contributed by atoms with Crippen molar-refractivity contribution < 1.29 is 9.90 Å². The maximum atomic E-state index is 12.0. The number of nitrogen functional groups attached to an aromatic ring is 1. The van der Waals surface area contributed by atoms with Crippen LogP contribution in [0.25, 0.3) is 0 Å². The van der Waals surface area contributed by atoms with E-state index in [0.717, 1.165) is 0 Å². The molecule has 0 aliphatic heterocycles. The number of aliphatic hydroxyl groups is 1. The molecule has 1 amide bonds. The standard InChI is InChI=1S/C13H17ClN2O2/c1-13(2)10(6-11(13)17)16-12(18)7-3-4-8(14)9(15)5-7/h3-5,10-11,17H,6,15H2,1-2H3,(H,16,18). The van der Waals surface area contributed by atoms with Crippen LogP contribution < -0.4 is 11.1 Å². The summed E-state index contributed by atoms with van der Waals surface area (Å²) in [6, 6.07) is 4.78. The highest BCUT2D eigenvalue weighted by Crippen LogP contribution is 2.40. The Morgan fingerprint density at radius 2 is 2.22 bits per heavy atom. The number of carbonyl (C=O) groups excluding carboxylic acids is 1. The second-order valence-electron chi connectivity index (χ2n) is 5.34. The first-order chi connectivity index (χ1) is 8.32. The van der Waals surface area contributed by atoms with Crippen LogP contribution in [0, 0.1) is 5.41 Å². The lowest BCUT2D eigenvalue weighted by molar-refractivity contribution is -0.0689. The van der Waals surface area contributed by atoms with Gasteiger partial charge in [-0.05, 0) is 24.6 Å². The number of nitrogens with two attached hydrogens (primary N) is 1. The normalized spacial score (nSPS) is 25.3. The maximum Gasteiger partial charge on any atom is 0.251 e. The Kier molecular flexibility index (Phi) is 3.25. The van der Waals surface area contributed by atoms with Crippen molar-refractivity contribution in [3.8, 4) is 0 Å². The summed E-state index contributed by atoms with van der Waals surface area (Å²) in [7, 11) is 0. The molecule has 2 unspecified atom stereocenters. The number of rotatable bonds is 2. The Balaban J connectivity index is 2.07. The first kappa shape index (κ1) is 13.2. The maximum absolute atomic E-state index is 12.0. The summed E-state index contributed by atoms with van der Waals surface area (Å²) in [5.41, 5.74) is 6.24. The van der Waals surface area contributed by atoms with E-state index >= 15 is 0 Å². The minimum absolute atomic E-state index is 0.0168. The summed E-state index contributed by atoms with van der Waals surface area (Å²) in [5.74, 6) is -0.191. The van der Waals surface area contributed by atoms with Crippen molar-refractivity contribution in [1.82, 2.24) is 5.32 Å². The summed E-state index contributed by atoms with van der Waals surface area (Å²) in [6.45, 7) is 3.87. The zero-order valence-electron chi connectivity index (χ0n) is 10.4. The fourth-order valence-electron chi connectivity index (χ4n) is 2.07. The molecular formula is C13H17ClN2O2. The molecule has 2 atom stereocenters. The van der Waals surface area contributed by atoms with Gasteiger partial charge >= 0.3 is 0 Å². The van der Waals surface area contributed by atoms with Gasteiger partial charge in [0.15, 0.2) is 0 Å². The molecule has 0 bridgehead atoms. The van der Waals surface area contributed by atoms with Crippen LogP contribution in [-0.4, -0.2) is 23.2 Å². The lowest BCUT2D eigenvalue weighted by Gasteiger charge is -2.49. The Labute approximate surface area is 111 Å². The van der Waals surface area contributed by atoms with Crippen LogP contribution in [0.15, 0.2) is 18.2 Å². The Morgan fingerprint density at radius 1 is 1.56 bits per heavy atom. The Bertz CT molecular complexity index is 488. The molecule has 2 rings (SSSR count). The smallest absolute Gasteiger partial charge is 0.251 e. The highest BCUT2D eigenvalue weighted by Gasteiger charge is 2.47. The highest BCUT2D eigenvalue weighted by molar-refractivity contribution is 6.33. The molecule has 4 nitrogen and oxygen atoms in total. The number of amides is 1. The van der Waals surface area contributed by atoms with Crippen molar-refractivity contribution in [3.05, 3.63) is 28.8 Å². The molecule has 4 N–H and O–H groups in total. The average Bonchev–Trinajstić information content (AvgIpc) is 2.32. The lowest BCUT2D eigenvalue weighted by atomic mass is 9.64. The van der Waals surface area contributed by atoms with E-state index in [-0.39, 0.29) is 23.5 Å². The van der Waals surface area contributed by atoms with Gasteiger partial charge in [0.25, 0.3) is 5.91 Å². The molecule has 1 aromatic rings. The fraction of sp³-hybridized carbons (Fsp3) is 0.462. The zero-order chi connectivity index (χ0) is 13.5. The van der Waals surface area contributed by atoms with Gasteiger partial charge in [-0.3, -0.25) is 4.79 Å². The molecule has 1 aliphatic carbocycles. The fourth-order valence-corrected chi connectivity index (χ4v) is 2.19. The van der Waals surface area contributed by atoms with Crippen LogP contribution in [0.4, 0.5) is 5.69 Å². The lowest BCUT2D eigenvalue weighted by Crippen LogP contribution is -2.61. The summed E-state index contributed by atoms with van der Waals surface area (Å²) in [6.07, 6.45) is 0.222. The number of hydrogen-bond donors (Lipinski definition) is 3. The third-order valence-corrected chi connectivity index (χ3v) is 4.12. The van der Waals surface area contributed by atoms with Gasteiger partial charge in [0.1, 0.15) is 0 Å². The number of halogens is 1. The summed E-state index contributed by atoms with van der Waals surface area (Å²) >= 11 is 5.80. The summed E-state index contributed by atoms with van der Waals surface area (Å²) in [5, 5.41) is 13.0. The van der Waals surface area contributed by atoms with Crippen LogP contribution in [0.1, 0.15) is 30.6 Å². The van der Waals surface area contributed by atoms with E-state index in [4.69, 9.17) is 17.3 Å². The molecule has 1 fully saturated rings. The van der Waals surface area contributed by atoms with Crippen molar-refractivity contribution in [2.45, 2.75) is 32.4 Å². The number of hydrogen-bond acceptors (Lipinski definition) is 3. The predicted molar refractivity (Wildman–Crippen MR) is 71.5 cm³/mol. The van der Waals surface area contributed by atoms with E-state index < -0.39 is 0 Å². The second kappa shape index (κ2) is 4.44. The first-order valence-electron chi connectivity index (χ1n) is 5.86.